The van der Waals surface area contributed by atoms with Crippen LogP contribution in [0.2, 0.25) is 0 Å². The van der Waals surface area contributed by atoms with Crippen LogP contribution in [0.1, 0.15) is 5.56 Å². The third kappa shape index (κ3) is 3.74. The van der Waals surface area contributed by atoms with Crippen molar-refractivity contribution >= 4 is 17.4 Å². The molecule has 5 rings (SSSR count). The summed E-state index contributed by atoms with van der Waals surface area (Å²) in [5.74, 6) is 1.05. The summed E-state index contributed by atoms with van der Waals surface area (Å²) in [5.41, 5.74) is 4.08. The van der Waals surface area contributed by atoms with Crippen molar-refractivity contribution < 1.29 is 4.79 Å². The van der Waals surface area contributed by atoms with E-state index in [4.69, 9.17) is 0 Å². The van der Waals surface area contributed by atoms with E-state index >= 15 is 0 Å². The van der Waals surface area contributed by atoms with Crippen LogP contribution < -0.4 is 4.90 Å². The van der Waals surface area contributed by atoms with E-state index in [0.717, 1.165) is 41.2 Å². The Hall–Kier alpha value is -3.74. The number of aromatic nitrogens is 4. The molecule has 1 fully saturated rings. The van der Waals surface area contributed by atoms with E-state index in [-0.39, 0.29) is 5.91 Å². The fraction of sp³-hybridized carbons (Fsp3) is 0.217. The Balaban J connectivity index is 1.22. The predicted molar refractivity (Wildman–Crippen MR) is 115 cm³/mol. The van der Waals surface area contributed by atoms with E-state index in [2.05, 4.69) is 44.5 Å². The second kappa shape index (κ2) is 7.94. The Bertz CT molecular complexity index is 1160. The summed E-state index contributed by atoms with van der Waals surface area (Å²) in [6.07, 6.45) is 2.02. The van der Waals surface area contributed by atoms with E-state index in [1.807, 2.05) is 47.4 Å². The van der Waals surface area contributed by atoms with Crippen LogP contribution in [-0.2, 0) is 11.2 Å². The molecule has 7 nitrogen and oxygen atoms in total. The highest BCUT2D eigenvalue weighted by Crippen LogP contribution is 2.21. The van der Waals surface area contributed by atoms with Crippen LogP contribution in [0.5, 0.6) is 0 Å². The molecule has 0 unspecified atom stereocenters. The average Bonchev–Trinajstić information content (AvgIpc) is 3.28. The maximum atomic E-state index is 12.9. The first kappa shape index (κ1) is 18.3. The van der Waals surface area contributed by atoms with Gasteiger partial charge in [0.2, 0.25) is 5.91 Å². The summed E-state index contributed by atoms with van der Waals surface area (Å²) in [6.45, 7) is 2.91. The van der Waals surface area contributed by atoms with Gasteiger partial charge in [-0.15, -0.1) is 15.3 Å². The summed E-state index contributed by atoms with van der Waals surface area (Å²) in [6, 6.07) is 22.4. The number of fused-ring (bicyclic) bond motifs is 1. The molecule has 7 heteroatoms. The number of nitrogens with zero attached hydrogens (tertiary/aromatic N) is 6. The monoisotopic (exact) mass is 398 g/mol. The second-order valence-electron chi connectivity index (χ2n) is 7.44. The van der Waals surface area contributed by atoms with Gasteiger partial charge >= 0.3 is 0 Å². The zero-order valence-electron chi connectivity index (χ0n) is 16.6. The molecule has 0 aliphatic carbocycles. The Morgan fingerprint density at radius 3 is 2.50 bits per heavy atom. The van der Waals surface area contributed by atoms with Crippen molar-refractivity contribution in [1.29, 1.82) is 0 Å². The highest BCUT2D eigenvalue weighted by atomic mass is 16.2. The van der Waals surface area contributed by atoms with Crippen LogP contribution in [0.3, 0.4) is 0 Å². The van der Waals surface area contributed by atoms with Crippen LogP contribution in [-0.4, -0.2) is 56.8 Å². The van der Waals surface area contributed by atoms with Crippen LogP contribution in [0.4, 0.5) is 5.82 Å². The largest absolute Gasteiger partial charge is 0.352 e. The molecule has 4 aromatic rings. The maximum Gasteiger partial charge on any atom is 0.227 e. The van der Waals surface area contributed by atoms with Gasteiger partial charge in [-0.1, -0.05) is 54.6 Å². The van der Waals surface area contributed by atoms with E-state index in [0.29, 0.717) is 19.5 Å². The first-order valence-electron chi connectivity index (χ1n) is 10.1. The predicted octanol–water partition coefficient (Wildman–Crippen LogP) is 2.68. The van der Waals surface area contributed by atoms with Crippen molar-refractivity contribution in [2.75, 3.05) is 31.1 Å². The first-order valence-corrected chi connectivity index (χ1v) is 10.1. The number of hydrogen-bond donors (Lipinski definition) is 0. The Morgan fingerprint density at radius 1 is 0.867 bits per heavy atom. The number of piperazine rings is 1. The molecular formula is C23H22N6O. The molecule has 0 atom stereocenters. The van der Waals surface area contributed by atoms with Gasteiger partial charge in [0.25, 0.3) is 0 Å². The minimum atomic E-state index is 0.169. The van der Waals surface area contributed by atoms with Gasteiger partial charge in [0.05, 0.1) is 6.42 Å². The highest BCUT2D eigenvalue weighted by Gasteiger charge is 2.22. The number of hydrogen-bond acceptors (Lipinski definition) is 5. The molecule has 30 heavy (non-hydrogen) atoms. The lowest BCUT2D eigenvalue weighted by Gasteiger charge is -2.35. The van der Waals surface area contributed by atoms with Gasteiger partial charge in [-0.05, 0) is 28.8 Å². The lowest BCUT2D eigenvalue weighted by molar-refractivity contribution is -0.130. The zero-order chi connectivity index (χ0) is 20.3. The summed E-state index contributed by atoms with van der Waals surface area (Å²) < 4.78 is 1.67. The number of carbonyl (C=O) groups excluding carboxylic acids is 1. The molecule has 2 aromatic carbocycles. The lowest BCUT2D eigenvalue weighted by Crippen LogP contribution is -2.49. The summed E-state index contributed by atoms with van der Waals surface area (Å²) in [4.78, 5) is 17.0. The molecule has 1 amide bonds. The third-order valence-electron chi connectivity index (χ3n) is 5.49. The number of anilines is 1. The topological polar surface area (TPSA) is 66.6 Å². The molecule has 1 aliphatic rings. The molecule has 2 aromatic heterocycles. The minimum Gasteiger partial charge on any atom is -0.352 e. The fourth-order valence-corrected chi connectivity index (χ4v) is 3.85. The molecule has 3 heterocycles. The number of carbonyl (C=O) groups is 1. The minimum absolute atomic E-state index is 0.169. The first-order chi connectivity index (χ1) is 14.8. The summed E-state index contributed by atoms with van der Waals surface area (Å²) >= 11 is 0. The normalized spacial score (nSPS) is 14.3. The molecule has 0 N–H and O–H groups in total. The van der Waals surface area contributed by atoms with Crippen LogP contribution in [0.25, 0.3) is 16.8 Å². The zero-order valence-corrected chi connectivity index (χ0v) is 16.6. The maximum absolute atomic E-state index is 12.9. The Morgan fingerprint density at radius 2 is 1.67 bits per heavy atom. The van der Waals surface area contributed by atoms with Crippen molar-refractivity contribution in [2.24, 2.45) is 0 Å². The smallest absolute Gasteiger partial charge is 0.227 e. The van der Waals surface area contributed by atoms with E-state index in [1.54, 1.807) is 10.8 Å². The second-order valence-corrected chi connectivity index (χ2v) is 7.44. The Labute approximate surface area is 174 Å². The molecule has 0 bridgehead atoms. The van der Waals surface area contributed by atoms with Gasteiger partial charge in [-0.3, -0.25) is 4.79 Å². The highest BCUT2D eigenvalue weighted by molar-refractivity contribution is 5.79. The number of benzene rings is 2. The van der Waals surface area contributed by atoms with Crippen LogP contribution in [0, 0.1) is 0 Å². The van der Waals surface area contributed by atoms with Crippen LogP contribution >= 0.6 is 0 Å². The standard InChI is InChI=1S/C23H22N6O/c30-23(16-18-5-4-8-20(15-18)19-6-2-1-3-7-19)28-13-11-27(12-14-28)22-10-9-21-25-24-17-29(21)26-22/h1-10,15,17H,11-14,16H2. The van der Waals surface area contributed by atoms with Gasteiger partial charge in [-0.2, -0.15) is 4.52 Å². The SMILES string of the molecule is O=C(Cc1cccc(-c2ccccc2)c1)N1CCN(c2ccc3nncn3n2)CC1. The van der Waals surface area contributed by atoms with Crippen molar-refractivity contribution in [3.8, 4) is 11.1 Å². The van der Waals surface area contributed by atoms with Gasteiger partial charge in [-0.25, -0.2) is 0 Å². The van der Waals surface area contributed by atoms with Gasteiger partial charge in [0.1, 0.15) is 12.1 Å². The molecule has 0 spiro atoms. The van der Waals surface area contributed by atoms with Gasteiger partial charge in [0.15, 0.2) is 5.65 Å². The molecule has 0 saturated carbocycles. The van der Waals surface area contributed by atoms with Crippen molar-refractivity contribution in [3.63, 3.8) is 0 Å². The molecule has 0 radical (unpaired) electrons. The number of rotatable bonds is 4. The van der Waals surface area contributed by atoms with Gasteiger partial charge in [0, 0.05) is 26.2 Å². The quantitative estimate of drug-likeness (QED) is 0.529. The van der Waals surface area contributed by atoms with Crippen molar-refractivity contribution in [2.45, 2.75) is 6.42 Å². The van der Waals surface area contributed by atoms with E-state index in [1.165, 1.54) is 0 Å². The molecule has 150 valence electrons. The fourth-order valence-electron chi connectivity index (χ4n) is 3.85. The molecule has 1 saturated heterocycles. The van der Waals surface area contributed by atoms with Crippen molar-refractivity contribution in [1.82, 2.24) is 24.7 Å². The van der Waals surface area contributed by atoms with E-state index < -0.39 is 0 Å². The molecular weight excluding hydrogens is 376 g/mol. The summed E-state index contributed by atoms with van der Waals surface area (Å²) in [5, 5.41) is 12.4. The average molecular weight is 398 g/mol. The summed E-state index contributed by atoms with van der Waals surface area (Å²) in [7, 11) is 0. The van der Waals surface area contributed by atoms with E-state index in [9.17, 15) is 4.79 Å². The van der Waals surface area contributed by atoms with Crippen LogP contribution in [0.15, 0.2) is 73.1 Å². The Kier molecular flexibility index (Phi) is 4.85. The lowest BCUT2D eigenvalue weighted by atomic mass is 10.0. The number of amides is 1. The van der Waals surface area contributed by atoms with Crippen molar-refractivity contribution in [3.05, 3.63) is 78.6 Å². The molecule has 1 aliphatic heterocycles. The van der Waals surface area contributed by atoms with Gasteiger partial charge < -0.3 is 9.80 Å². The third-order valence-corrected chi connectivity index (χ3v) is 5.49.